The average Bonchev–Trinajstić information content (AvgIpc) is 3.45. The minimum Gasteiger partial charge on any atom is -0.338 e. The van der Waals surface area contributed by atoms with E-state index in [0.29, 0.717) is 11.1 Å². The molecule has 8 heteroatoms. The zero-order chi connectivity index (χ0) is 19.8. The summed E-state index contributed by atoms with van der Waals surface area (Å²) in [6, 6.07) is 14.6. The van der Waals surface area contributed by atoms with E-state index < -0.39 is 0 Å². The Morgan fingerprint density at radius 1 is 0.759 bits per heavy atom. The van der Waals surface area contributed by atoms with Gasteiger partial charge in [0, 0.05) is 17.2 Å². The van der Waals surface area contributed by atoms with Gasteiger partial charge in [-0.15, -0.1) is 0 Å². The number of benzene rings is 2. The van der Waals surface area contributed by atoms with Crippen LogP contribution in [0.2, 0.25) is 0 Å². The summed E-state index contributed by atoms with van der Waals surface area (Å²) in [5.74, 6) is 0. The zero-order valence-electron chi connectivity index (χ0n) is 15.2. The summed E-state index contributed by atoms with van der Waals surface area (Å²) in [6.07, 6.45) is 4.42. The Kier molecular flexibility index (Phi) is 4.67. The SMILES string of the molecule is O=CPc1ncc(-c2ccc3c(c2)Cc2cc(-c4cnc(PC=O)[nH]4)ccc2-3)[nH]1. The van der Waals surface area contributed by atoms with Crippen LogP contribution in [0.25, 0.3) is 33.6 Å². The van der Waals surface area contributed by atoms with Crippen LogP contribution in [-0.2, 0) is 16.0 Å². The lowest BCUT2D eigenvalue weighted by atomic mass is 10.0. The molecule has 1 aliphatic carbocycles. The monoisotopic (exact) mass is 418 g/mol. The molecule has 0 spiro atoms. The molecule has 2 heterocycles. The van der Waals surface area contributed by atoms with Gasteiger partial charge in [-0.3, -0.25) is 9.59 Å². The highest BCUT2D eigenvalue weighted by Gasteiger charge is 2.20. The minimum absolute atomic E-state index is 0.0459. The van der Waals surface area contributed by atoms with E-state index in [2.05, 4.69) is 56.3 Å². The van der Waals surface area contributed by atoms with E-state index in [-0.39, 0.29) is 17.2 Å². The largest absolute Gasteiger partial charge is 0.338 e. The third kappa shape index (κ3) is 3.35. The molecule has 142 valence electrons. The van der Waals surface area contributed by atoms with E-state index in [1.165, 1.54) is 22.3 Å². The molecule has 0 saturated carbocycles. The number of nitrogens with zero attached hydrogens (tertiary/aromatic N) is 2. The summed E-state index contributed by atoms with van der Waals surface area (Å²) in [6.45, 7) is 0. The molecule has 0 amide bonds. The van der Waals surface area contributed by atoms with Crippen LogP contribution in [0.15, 0.2) is 48.8 Å². The van der Waals surface area contributed by atoms with Crippen molar-refractivity contribution in [3.8, 4) is 33.6 Å². The Morgan fingerprint density at radius 3 is 1.69 bits per heavy atom. The van der Waals surface area contributed by atoms with Crippen LogP contribution < -0.4 is 11.1 Å². The minimum atomic E-state index is 0.0459. The lowest BCUT2D eigenvalue weighted by Crippen LogP contribution is -1.98. The maximum atomic E-state index is 10.7. The van der Waals surface area contributed by atoms with E-state index in [1.54, 1.807) is 12.4 Å². The molecule has 2 N–H and O–H groups in total. The van der Waals surface area contributed by atoms with E-state index in [9.17, 15) is 9.59 Å². The molecule has 5 rings (SSSR count). The second-order valence-electron chi connectivity index (χ2n) is 6.74. The fraction of sp³-hybridized carbons (Fsp3) is 0.0476. The molecule has 1 aliphatic rings. The summed E-state index contributed by atoms with van der Waals surface area (Å²) < 4.78 is 0. The molecule has 0 fully saturated rings. The Balaban J connectivity index is 1.45. The number of hydrogen-bond acceptors (Lipinski definition) is 4. The lowest BCUT2D eigenvalue weighted by molar-refractivity contribution is 0.569. The van der Waals surface area contributed by atoms with Crippen molar-refractivity contribution in [2.75, 3.05) is 0 Å². The maximum absolute atomic E-state index is 10.7. The molecule has 0 bridgehead atoms. The molecule has 29 heavy (non-hydrogen) atoms. The summed E-state index contributed by atoms with van der Waals surface area (Å²) in [5.41, 5.74) is 10.4. The molecular formula is C21H16N4O2P2. The first-order valence-corrected chi connectivity index (χ1v) is 11.2. The zero-order valence-corrected chi connectivity index (χ0v) is 17.2. The first-order chi connectivity index (χ1) is 14.2. The van der Waals surface area contributed by atoms with Gasteiger partial charge < -0.3 is 9.97 Å². The van der Waals surface area contributed by atoms with Crippen LogP contribution in [0.1, 0.15) is 11.1 Å². The van der Waals surface area contributed by atoms with E-state index in [4.69, 9.17) is 0 Å². The summed E-state index contributed by atoms with van der Waals surface area (Å²) >= 11 is 0. The Morgan fingerprint density at radius 2 is 1.24 bits per heavy atom. The number of imidazole rings is 2. The standard InChI is InChI=1S/C21H16N4O2P2/c26-10-28-20-22-8-18(24-20)12-1-3-16-14(5-12)7-15-6-13(2-4-17(15)16)19-9-23-21(25-19)29-11-27/h1-6,8-11,28-29H,7H2,(H,22,24)(H,23,25). The van der Waals surface area contributed by atoms with Gasteiger partial charge in [0.1, 0.15) is 23.2 Å². The molecular weight excluding hydrogens is 402 g/mol. The van der Waals surface area contributed by atoms with Crippen LogP contribution in [0.3, 0.4) is 0 Å². The van der Waals surface area contributed by atoms with Gasteiger partial charge in [0.25, 0.3) is 0 Å². The van der Waals surface area contributed by atoms with Crippen molar-refractivity contribution in [3.63, 3.8) is 0 Å². The van der Waals surface area contributed by atoms with E-state index in [1.807, 2.05) is 0 Å². The van der Waals surface area contributed by atoms with Crippen molar-refractivity contribution >= 4 is 40.3 Å². The number of H-pyrrole nitrogens is 2. The predicted molar refractivity (Wildman–Crippen MR) is 119 cm³/mol. The highest BCUT2D eigenvalue weighted by Crippen LogP contribution is 2.40. The molecule has 6 nitrogen and oxygen atoms in total. The summed E-state index contributed by atoms with van der Waals surface area (Å²) in [7, 11) is 0.0918. The third-order valence-corrected chi connectivity index (χ3v) is 6.34. The van der Waals surface area contributed by atoms with Crippen molar-refractivity contribution in [1.29, 1.82) is 0 Å². The highest BCUT2D eigenvalue weighted by atomic mass is 31.1. The van der Waals surface area contributed by atoms with Crippen molar-refractivity contribution in [2.45, 2.75) is 6.42 Å². The van der Waals surface area contributed by atoms with Gasteiger partial charge in [0.2, 0.25) is 0 Å². The second kappa shape index (κ2) is 7.47. The molecule has 0 radical (unpaired) electrons. The van der Waals surface area contributed by atoms with Crippen LogP contribution >= 0.6 is 17.2 Å². The van der Waals surface area contributed by atoms with Crippen molar-refractivity contribution < 1.29 is 9.59 Å². The molecule has 2 aromatic carbocycles. The smallest absolute Gasteiger partial charge is 0.146 e. The van der Waals surface area contributed by atoms with Crippen LogP contribution in [-0.4, -0.2) is 32.0 Å². The normalized spacial score (nSPS) is 12.7. The molecule has 2 unspecified atom stereocenters. The quantitative estimate of drug-likeness (QED) is 0.328. The Labute approximate surface area is 170 Å². The highest BCUT2D eigenvalue weighted by molar-refractivity contribution is 7.62. The fourth-order valence-corrected chi connectivity index (χ4v) is 4.65. The van der Waals surface area contributed by atoms with Gasteiger partial charge in [-0.1, -0.05) is 24.3 Å². The van der Waals surface area contributed by atoms with E-state index >= 15 is 0 Å². The number of aromatic nitrogens is 4. The number of aromatic amines is 2. The fourth-order valence-electron chi connectivity index (χ4n) is 3.74. The van der Waals surface area contributed by atoms with Gasteiger partial charge in [0.15, 0.2) is 0 Å². The Hall–Kier alpha value is -2.94. The molecule has 4 aromatic rings. The van der Waals surface area contributed by atoms with Crippen molar-refractivity contribution in [1.82, 2.24) is 19.9 Å². The number of nitrogens with one attached hydrogen (secondary N) is 2. The van der Waals surface area contributed by atoms with Crippen molar-refractivity contribution in [3.05, 3.63) is 59.9 Å². The molecule has 2 atom stereocenters. The number of hydrogen-bond donors (Lipinski definition) is 2. The van der Waals surface area contributed by atoms with Gasteiger partial charge in [0.05, 0.1) is 23.8 Å². The van der Waals surface area contributed by atoms with Crippen LogP contribution in [0.4, 0.5) is 0 Å². The first-order valence-electron chi connectivity index (χ1n) is 9.02. The number of carbonyl (C=O) groups excluding carboxylic acids is 2. The van der Waals surface area contributed by atoms with Gasteiger partial charge in [-0.25, -0.2) is 9.97 Å². The second-order valence-corrected chi connectivity index (χ2v) is 8.73. The number of fused-ring (bicyclic) bond motifs is 3. The molecule has 0 aliphatic heterocycles. The van der Waals surface area contributed by atoms with Gasteiger partial charge >= 0.3 is 0 Å². The van der Waals surface area contributed by atoms with Gasteiger partial charge in [-0.2, -0.15) is 0 Å². The first kappa shape index (κ1) is 18.1. The average molecular weight is 418 g/mol. The molecule has 2 aromatic heterocycles. The van der Waals surface area contributed by atoms with E-state index in [0.717, 1.165) is 41.0 Å². The molecule has 0 saturated heterocycles. The maximum Gasteiger partial charge on any atom is 0.146 e. The van der Waals surface area contributed by atoms with Crippen LogP contribution in [0, 0.1) is 0 Å². The topological polar surface area (TPSA) is 91.5 Å². The summed E-state index contributed by atoms with van der Waals surface area (Å²) in [4.78, 5) is 36.4. The predicted octanol–water partition coefficient (Wildman–Crippen LogP) is 3.03. The van der Waals surface area contributed by atoms with Crippen LogP contribution in [0.5, 0.6) is 0 Å². The summed E-state index contributed by atoms with van der Waals surface area (Å²) in [5, 5.41) is 0. The third-order valence-electron chi connectivity index (χ3n) is 5.05. The number of rotatable bonds is 6. The Bertz CT molecular complexity index is 1150. The number of carbonyl (C=O) groups is 2. The lowest BCUT2D eigenvalue weighted by Gasteiger charge is -2.05. The van der Waals surface area contributed by atoms with Crippen molar-refractivity contribution in [2.24, 2.45) is 0 Å². The van der Waals surface area contributed by atoms with Gasteiger partial charge in [-0.05, 0) is 51.9 Å².